The van der Waals surface area contributed by atoms with E-state index in [1.807, 2.05) is 11.8 Å². The van der Waals surface area contributed by atoms with Crippen LogP contribution in [-0.4, -0.2) is 30.1 Å². The Labute approximate surface area is 104 Å². The first-order chi connectivity index (χ1) is 7.76. The van der Waals surface area contributed by atoms with E-state index in [-0.39, 0.29) is 0 Å². The van der Waals surface area contributed by atoms with E-state index in [1.54, 1.807) is 0 Å². The number of rotatable bonds is 5. The molecule has 0 saturated heterocycles. The Balaban J connectivity index is 2.36. The number of nitrogens with zero attached hydrogens (tertiary/aromatic N) is 1. The smallest absolute Gasteiger partial charge is 0.189 e. The monoisotopic (exact) mass is 243 g/mol. The number of nitrogens with two attached hydrogens (primary N) is 1. The van der Waals surface area contributed by atoms with Crippen LogP contribution in [0.1, 0.15) is 45.4 Å². The van der Waals surface area contributed by atoms with Gasteiger partial charge in [0.2, 0.25) is 0 Å². The Morgan fingerprint density at radius 2 is 2.12 bits per heavy atom. The third-order valence-corrected chi connectivity index (χ3v) is 3.84. The summed E-state index contributed by atoms with van der Waals surface area (Å²) in [5.74, 6) is 1.74. The highest BCUT2D eigenvalue weighted by Gasteiger charge is 2.13. The van der Waals surface area contributed by atoms with Crippen LogP contribution >= 0.6 is 11.8 Å². The van der Waals surface area contributed by atoms with E-state index in [0.717, 1.165) is 12.2 Å². The zero-order valence-electron chi connectivity index (χ0n) is 10.5. The Morgan fingerprint density at radius 1 is 1.44 bits per heavy atom. The predicted octanol–water partition coefficient (Wildman–Crippen LogP) is 2.37. The molecule has 1 saturated carbocycles. The van der Waals surface area contributed by atoms with Crippen LogP contribution in [0.2, 0.25) is 0 Å². The largest absolute Gasteiger partial charge is 0.370 e. The van der Waals surface area contributed by atoms with Gasteiger partial charge < -0.3 is 11.1 Å². The Bertz CT molecular complexity index is 212. The van der Waals surface area contributed by atoms with Gasteiger partial charge in [-0.1, -0.05) is 26.2 Å². The summed E-state index contributed by atoms with van der Waals surface area (Å²) < 4.78 is 0. The maximum absolute atomic E-state index is 5.94. The molecular formula is C12H25N3S. The van der Waals surface area contributed by atoms with E-state index in [1.165, 1.54) is 32.1 Å². The van der Waals surface area contributed by atoms with Gasteiger partial charge in [-0.05, 0) is 25.5 Å². The lowest BCUT2D eigenvalue weighted by Crippen LogP contribution is -2.42. The third-order valence-electron chi connectivity index (χ3n) is 3.11. The molecule has 1 aliphatic rings. The lowest BCUT2D eigenvalue weighted by molar-refractivity contribution is 0.441. The Kier molecular flexibility index (Phi) is 6.69. The van der Waals surface area contributed by atoms with Gasteiger partial charge in [0.15, 0.2) is 5.96 Å². The molecule has 1 unspecified atom stereocenters. The summed E-state index contributed by atoms with van der Waals surface area (Å²) in [5.41, 5.74) is 5.94. The highest BCUT2D eigenvalue weighted by Crippen LogP contribution is 2.19. The fourth-order valence-electron chi connectivity index (χ4n) is 2.12. The van der Waals surface area contributed by atoms with Crippen molar-refractivity contribution in [1.82, 2.24) is 5.32 Å². The summed E-state index contributed by atoms with van der Waals surface area (Å²) in [7, 11) is 0. The maximum Gasteiger partial charge on any atom is 0.189 e. The second-order valence-corrected chi connectivity index (χ2v) is 5.42. The number of aliphatic imine (C=N–C) groups is 1. The zero-order chi connectivity index (χ0) is 11.8. The fraction of sp³-hybridized carbons (Fsp3) is 0.917. The van der Waals surface area contributed by atoms with Crippen molar-refractivity contribution in [3.8, 4) is 0 Å². The van der Waals surface area contributed by atoms with Gasteiger partial charge in [-0.25, -0.2) is 0 Å². The fourth-order valence-corrected chi connectivity index (χ4v) is 2.84. The highest BCUT2D eigenvalue weighted by atomic mass is 32.2. The van der Waals surface area contributed by atoms with Crippen LogP contribution < -0.4 is 11.1 Å². The van der Waals surface area contributed by atoms with Crippen LogP contribution in [-0.2, 0) is 0 Å². The molecule has 0 bridgehead atoms. The van der Waals surface area contributed by atoms with Gasteiger partial charge in [0.1, 0.15) is 0 Å². The van der Waals surface area contributed by atoms with Gasteiger partial charge in [0, 0.05) is 11.8 Å². The first-order valence-corrected chi connectivity index (χ1v) is 7.74. The molecule has 0 heterocycles. The van der Waals surface area contributed by atoms with Gasteiger partial charge in [-0.3, -0.25) is 4.99 Å². The van der Waals surface area contributed by atoms with Crippen LogP contribution in [0.25, 0.3) is 0 Å². The van der Waals surface area contributed by atoms with Crippen molar-refractivity contribution >= 4 is 17.7 Å². The van der Waals surface area contributed by atoms with Crippen molar-refractivity contribution in [3.05, 3.63) is 0 Å². The summed E-state index contributed by atoms with van der Waals surface area (Å²) in [5, 5.41) is 3.32. The topological polar surface area (TPSA) is 50.4 Å². The maximum atomic E-state index is 5.94. The molecule has 3 N–H and O–H groups in total. The predicted molar refractivity (Wildman–Crippen MR) is 74.1 cm³/mol. The van der Waals surface area contributed by atoms with E-state index in [4.69, 9.17) is 5.73 Å². The second kappa shape index (κ2) is 7.82. The van der Waals surface area contributed by atoms with E-state index >= 15 is 0 Å². The molecule has 94 valence electrons. The normalized spacial score (nSPS) is 20.8. The van der Waals surface area contributed by atoms with Crippen LogP contribution in [0.5, 0.6) is 0 Å². The lowest BCUT2D eigenvalue weighted by atomic mass is 9.96. The quantitative estimate of drug-likeness (QED) is 0.576. The van der Waals surface area contributed by atoms with E-state index in [9.17, 15) is 0 Å². The van der Waals surface area contributed by atoms with E-state index in [2.05, 4.69) is 23.5 Å². The molecule has 1 atom stereocenters. The lowest BCUT2D eigenvalue weighted by Gasteiger charge is -2.21. The van der Waals surface area contributed by atoms with Crippen LogP contribution in [0.15, 0.2) is 4.99 Å². The summed E-state index contributed by atoms with van der Waals surface area (Å²) in [6.45, 7) is 2.18. The van der Waals surface area contributed by atoms with Crippen molar-refractivity contribution in [2.45, 2.75) is 57.5 Å². The number of thioether (sulfide) groups is 1. The SMILES string of the molecule is CCC(CSC)NC(N)=NC1CCCCC1. The number of guanidine groups is 1. The summed E-state index contributed by atoms with van der Waals surface area (Å²) in [6.07, 6.45) is 9.63. The minimum Gasteiger partial charge on any atom is -0.370 e. The van der Waals surface area contributed by atoms with Gasteiger partial charge in [-0.15, -0.1) is 0 Å². The molecule has 16 heavy (non-hydrogen) atoms. The molecule has 4 heteroatoms. The number of hydrogen-bond donors (Lipinski definition) is 2. The van der Waals surface area contributed by atoms with Gasteiger partial charge in [0.25, 0.3) is 0 Å². The standard InChI is InChI=1S/C12H25N3S/c1-3-10(9-16-2)14-12(13)15-11-7-5-4-6-8-11/h10-11H,3-9H2,1-2H3,(H3,13,14,15). The minimum absolute atomic E-state index is 0.461. The molecule has 1 rings (SSSR count). The number of nitrogens with one attached hydrogen (secondary N) is 1. The van der Waals surface area contributed by atoms with Crippen molar-refractivity contribution in [2.24, 2.45) is 10.7 Å². The summed E-state index contributed by atoms with van der Waals surface area (Å²) in [6, 6.07) is 0.926. The third kappa shape index (κ3) is 5.10. The van der Waals surface area contributed by atoms with Crippen molar-refractivity contribution in [3.63, 3.8) is 0 Å². The molecule has 0 aromatic carbocycles. The molecule has 0 aromatic heterocycles. The van der Waals surface area contributed by atoms with Crippen molar-refractivity contribution in [2.75, 3.05) is 12.0 Å². The second-order valence-electron chi connectivity index (χ2n) is 4.51. The molecule has 0 aromatic rings. The van der Waals surface area contributed by atoms with E-state index in [0.29, 0.717) is 18.0 Å². The van der Waals surface area contributed by atoms with E-state index < -0.39 is 0 Å². The average Bonchev–Trinajstić information content (AvgIpc) is 2.29. The minimum atomic E-state index is 0.461. The first-order valence-electron chi connectivity index (χ1n) is 6.35. The van der Waals surface area contributed by atoms with Gasteiger partial charge >= 0.3 is 0 Å². The van der Waals surface area contributed by atoms with Gasteiger partial charge in [0.05, 0.1) is 6.04 Å². The molecule has 1 fully saturated rings. The van der Waals surface area contributed by atoms with Gasteiger partial charge in [-0.2, -0.15) is 11.8 Å². The van der Waals surface area contributed by atoms with Crippen LogP contribution in [0.3, 0.4) is 0 Å². The van der Waals surface area contributed by atoms with Crippen LogP contribution in [0.4, 0.5) is 0 Å². The molecule has 3 nitrogen and oxygen atoms in total. The Hall–Kier alpha value is -0.380. The summed E-state index contributed by atoms with van der Waals surface area (Å²) >= 11 is 1.85. The molecule has 0 amide bonds. The average molecular weight is 243 g/mol. The van der Waals surface area contributed by atoms with Crippen molar-refractivity contribution < 1.29 is 0 Å². The zero-order valence-corrected chi connectivity index (χ0v) is 11.4. The Morgan fingerprint density at radius 3 is 2.69 bits per heavy atom. The molecular weight excluding hydrogens is 218 g/mol. The first kappa shape index (κ1) is 13.7. The molecule has 1 aliphatic carbocycles. The highest BCUT2D eigenvalue weighted by molar-refractivity contribution is 7.98. The molecule has 0 aliphatic heterocycles. The molecule has 0 spiro atoms. The summed E-state index contributed by atoms with van der Waals surface area (Å²) in [4.78, 5) is 4.58. The van der Waals surface area contributed by atoms with Crippen LogP contribution in [0, 0.1) is 0 Å². The molecule has 0 radical (unpaired) electrons. The van der Waals surface area contributed by atoms with Crippen molar-refractivity contribution in [1.29, 1.82) is 0 Å². The number of hydrogen-bond acceptors (Lipinski definition) is 2.